The highest BCUT2D eigenvalue weighted by Gasteiger charge is 2.29. The predicted molar refractivity (Wildman–Crippen MR) is 134 cm³/mol. The molecule has 172 valence electrons. The van der Waals surface area contributed by atoms with Gasteiger partial charge in [0.25, 0.3) is 0 Å². The van der Waals surface area contributed by atoms with Crippen molar-refractivity contribution in [2.24, 2.45) is 0 Å². The van der Waals surface area contributed by atoms with Crippen LogP contribution in [0.2, 0.25) is 0 Å². The number of carbonyl (C=O) groups excluding carboxylic acids is 2. The fourth-order valence-corrected chi connectivity index (χ4v) is 4.09. The topological polar surface area (TPSA) is 49.4 Å². The quantitative estimate of drug-likeness (QED) is 0.478. The molecular weight excluding hydrogens is 408 g/mol. The van der Waals surface area contributed by atoms with Crippen molar-refractivity contribution >= 4 is 11.8 Å². The molecule has 1 N–H and O–H groups in total. The van der Waals surface area contributed by atoms with Gasteiger partial charge in [0.15, 0.2) is 0 Å². The van der Waals surface area contributed by atoms with Crippen molar-refractivity contribution in [3.63, 3.8) is 0 Å². The summed E-state index contributed by atoms with van der Waals surface area (Å²) in [6.07, 6.45) is 0.291. The summed E-state index contributed by atoms with van der Waals surface area (Å²) in [5.41, 5.74) is 4.33. The van der Waals surface area contributed by atoms with E-state index < -0.39 is 6.04 Å². The normalized spacial score (nSPS) is 11.9. The molecule has 4 heteroatoms. The van der Waals surface area contributed by atoms with Gasteiger partial charge in [-0.05, 0) is 44.4 Å². The first-order valence-corrected chi connectivity index (χ1v) is 11.6. The summed E-state index contributed by atoms with van der Waals surface area (Å²) in [5, 5.41) is 2.96. The number of amides is 2. The van der Waals surface area contributed by atoms with E-state index in [0.29, 0.717) is 13.0 Å². The minimum absolute atomic E-state index is 0.0113. The minimum atomic E-state index is -0.576. The fourth-order valence-electron chi connectivity index (χ4n) is 4.09. The molecule has 2 amide bonds. The zero-order valence-corrected chi connectivity index (χ0v) is 20.0. The zero-order valence-electron chi connectivity index (χ0n) is 20.0. The SMILES string of the molecule is Cc1cccc(CN(C(=O)CC(c2ccccc2)c2ccccc2)C(C)C(=O)NC(C)C)c1. The standard InChI is InChI=1S/C29H34N2O2/c1-21(2)30-29(33)23(4)31(20-24-13-11-12-22(3)18-24)28(32)19-27(25-14-7-5-8-15-25)26-16-9-6-10-17-26/h5-18,21,23,27H,19-20H2,1-4H3,(H,30,33). The van der Waals surface area contributed by atoms with Gasteiger partial charge in [-0.3, -0.25) is 9.59 Å². The van der Waals surface area contributed by atoms with Crippen LogP contribution >= 0.6 is 0 Å². The Bertz CT molecular complexity index is 1010. The Balaban J connectivity index is 1.92. The lowest BCUT2D eigenvalue weighted by atomic mass is 9.88. The van der Waals surface area contributed by atoms with Gasteiger partial charge >= 0.3 is 0 Å². The number of benzene rings is 3. The van der Waals surface area contributed by atoms with E-state index in [1.54, 1.807) is 4.90 Å². The molecule has 0 fully saturated rings. The zero-order chi connectivity index (χ0) is 23.8. The van der Waals surface area contributed by atoms with Gasteiger partial charge in [-0.15, -0.1) is 0 Å². The maximum atomic E-state index is 13.8. The van der Waals surface area contributed by atoms with E-state index >= 15 is 0 Å². The third kappa shape index (κ3) is 6.79. The van der Waals surface area contributed by atoms with Crippen molar-refractivity contribution in [3.05, 3.63) is 107 Å². The van der Waals surface area contributed by atoms with Crippen LogP contribution in [-0.4, -0.2) is 28.8 Å². The van der Waals surface area contributed by atoms with Crippen LogP contribution in [0.3, 0.4) is 0 Å². The maximum Gasteiger partial charge on any atom is 0.242 e. The molecule has 0 aromatic heterocycles. The molecule has 1 atom stereocenters. The van der Waals surface area contributed by atoms with Gasteiger partial charge < -0.3 is 10.2 Å². The van der Waals surface area contributed by atoms with Crippen LogP contribution in [-0.2, 0) is 16.1 Å². The van der Waals surface area contributed by atoms with Gasteiger partial charge in [0, 0.05) is 24.9 Å². The number of aryl methyl sites for hydroxylation is 1. The molecule has 0 aliphatic rings. The second kappa shape index (κ2) is 11.5. The van der Waals surface area contributed by atoms with Crippen LogP contribution in [0.4, 0.5) is 0 Å². The number of carbonyl (C=O) groups is 2. The second-order valence-electron chi connectivity index (χ2n) is 8.93. The molecule has 0 heterocycles. The highest BCUT2D eigenvalue weighted by Crippen LogP contribution is 2.29. The smallest absolute Gasteiger partial charge is 0.242 e. The third-order valence-electron chi connectivity index (χ3n) is 5.82. The number of rotatable bonds is 9. The van der Waals surface area contributed by atoms with Crippen molar-refractivity contribution in [1.82, 2.24) is 10.2 Å². The predicted octanol–water partition coefficient (Wildman–Crippen LogP) is 5.46. The lowest BCUT2D eigenvalue weighted by Crippen LogP contribution is -2.49. The first-order valence-electron chi connectivity index (χ1n) is 11.6. The first kappa shape index (κ1) is 24.2. The number of nitrogens with zero attached hydrogens (tertiary/aromatic N) is 1. The number of hydrogen-bond donors (Lipinski definition) is 1. The Morgan fingerprint density at radius 2 is 1.39 bits per heavy atom. The van der Waals surface area contributed by atoms with Gasteiger partial charge in [-0.25, -0.2) is 0 Å². The summed E-state index contributed by atoms with van der Waals surface area (Å²) in [6.45, 7) is 8.09. The van der Waals surface area contributed by atoms with Crippen LogP contribution in [0.15, 0.2) is 84.9 Å². The van der Waals surface area contributed by atoms with E-state index in [4.69, 9.17) is 0 Å². The molecule has 0 bridgehead atoms. The van der Waals surface area contributed by atoms with Gasteiger partial charge in [0.2, 0.25) is 11.8 Å². The highest BCUT2D eigenvalue weighted by molar-refractivity contribution is 5.88. The van der Waals surface area contributed by atoms with Gasteiger partial charge in [-0.2, -0.15) is 0 Å². The maximum absolute atomic E-state index is 13.8. The molecule has 0 saturated heterocycles. The Morgan fingerprint density at radius 1 is 0.818 bits per heavy atom. The van der Waals surface area contributed by atoms with E-state index in [1.807, 2.05) is 82.3 Å². The van der Waals surface area contributed by atoms with E-state index in [2.05, 4.69) is 35.6 Å². The summed E-state index contributed by atoms with van der Waals surface area (Å²) in [4.78, 5) is 28.4. The Kier molecular flexibility index (Phi) is 8.42. The van der Waals surface area contributed by atoms with Gasteiger partial charge in [-0.1, -0.05) is 90.5 Å². The summed E-state index contributed by atoms with van der Waals surface area (Å²) in [5.74, 6) is -0.261. The summed E-state index contributed by atoms with van der Waals surface area (Å²) >= 11 is 0. The number of nitrogens with one attached hydrogen (secondary N) is 1. The van der Waals surface area contributed by atoms with Crippen molar-refractivity contribution in [3.8, 4) is 0 Å². The average molecular weight is 443 g/mol. The Hall–Kier alpha value is -3.40. The van der Waals surface area contributed by atoms with E-state index in [1.165, 1.54) is 0 Å². The van der Waals surface area contributed by atoms with E-state index in [9.17, 15) is 9.59 Å². The Morgan fingerprint density at radius 3 is 1.91 bits per heavy atom. The molecule has 0 saturated carbocycles. The van der Waals surface area contributed by atoms with Crippen LogP contribution < -0.4 is 5.32 Å². The summed E-state index contributed by atoms with van der Waals surface area (Å²) in [6, 6.07) is 27.7. The lowest BCUT2D eigenvalue weighted by molar-refractivity contribution is -0.141. The van der Waals surface area contributed by atoms with Crippen LogP contribution in [0.25, 0.3) is 0 Å². The largest absolute Gasteiger partial charge is 0.352 e. The molecule has 0 spiro atoms. The number of hydrogen-bond acceptors (Lipinski definition) is 2. The van der Waals surface area contributed by atoms with E-state index in [0.717, 1.165) is 22.3 Å². The minimum Gasteiger partial charge on any atom is -0.352 e. The monoisotopic (exact) mass is 442 g/mol. The van der Waals surface area contributed by atoms with Gasteiger partial charge in [0.05, 0.1) is 0 Å². The third-order valence-corrected chi connectivity index (χ3v) is 5.82. The second-order valence-corrected chi connectivity index (χ2v) is 8.93. The molecule has 3 rings (SSSR count). The molecule has 33 heavy (non-hydrogen) atoms. The highest BCUT2D eigenvalue weighted by atomic mass is 16.2. The van der Waals surface area contributed by atoms with Crippen LogP contribution in [0, 0.1) is 6.92 Å². The molecule has 4 nitrogen and oxygen atoms in total. The van der Waals surface area contributed by atoms with Crippen LogP contribution in [0.1, 0.15) is 55.4 Å². The van der Waals surface area contributed by atoms with Crippen molar-refractivity contribution in [1.29, 1.82) is 0 Å². The summed E-state index contributed by atoms with van der Waals surface area (Å²) in [7, 11) is 0. The summed E-state index contributed by atoms with van der Waals surface area (Å²) < 4.78 is 0. The molecule has 3 aromatic carbocycles. The van der Waals surface area contributed by atoms with Crippen molar-refractivity contribution in [2.75, 3.05) is 0 Å². The molecule has 0 radical (unpaired) electrons. The molecule has 0 aliphatic heterocycles. The molecule has 1 unspecified atom stereocenters. The van der Waals surface area contributed by atoms with Gasteiger partial charge in [0.1, 0.15) is 6.04 Å². The molecular formula is C29H34N2O2. The van der Waals surface area contributed by atoms with Crippen LogP contribution in [0.5, 0.6) is 0 Å². The van der Waals surface area contributed by atoms with Crippen molar-refractivity contribution < 1.29 is 9.59 Å². The van der Waals surface area contributed by atoms with Crippen molar-refractivity contribution in [2.45, 2.75) is 58.7 Å². The molecule has 0 aliphatic carbocycles. The Labute approximate surface area is 197 Å². The van der Waals surface area contributed by atoms with E-state index in [-0.39, 0.29) is 23.8 Å². The fraction of sp³-hybridized carbons (Fsp3) is 0.310. The first-order chi connectivity index (χ1) is 15.8. The average Bonchev–Trinajstić information content (AvgIpc) is 2.81. The molecule has 3 aromatic rings. The lowest BCUT2D eigenvalue weighted by Gasteiger charge is -2.31.